The number of allylic oxidation sites excluding steroid dienone is 4. The van der Waals surface area contributed by atoms with Gasteiger partial charge in [-0.15, -0.1) is 0 Å². The maximum Gasteiger partial charge on any atom is 0.126 e. The van der Waals surface area contributed by atoms with Crippen LogP contribution in [-0.2, 0) is 0 Å². The van der Waals surface area contributed by atoms with E-state index in [1.54, 1.807) is 0 Å². The Balaban J connectivity index is 1.74. The lowest BCUT2D eigenvalue weighted by molar-refractivity contribution is -0.126. The van der Waals surface area contributed by atoms with Gasteiger partial charge in [0, 0.05) is 5.41 Å². The van der Waals surface area contributed by atoms with Gasteiger partial charge in [0.25, 0.3) is 0 Å². The quantitative estimate of drug-likeness (QED) is 0.503. The summed E-state index contributed by atoms with van der Waals surface area (Å²) in [4.78, 5) is 0. The highest BCUT2D eigenvalue weighted by Gasteiger charge is 2.65. The van der Waals surface area contributed by atoms with Crippen molar-refractivity contribution in [1.29, 1.82) is 0 Å². The minimum atomic E-state index is -0.999. The van der Waals surface area contributed by atoms with Crippen LogP contribution >= 0.6 is 0 Å². The summed E-state index contributed by atoms with van der Waals surface area (Å²) in [5.41, 5.74) is 0.480. The van der Waals surface area contributed by atoms with Crippen LogP contribution in [0.3, 0.4) is 0 Å². The second kappa shape index (κ2) is 4.71. The fourth-order valence-corrected chi connectivity index (χ4v) is 7.01. The van der Waals surface area contributed by atoms with Gasteiger partial charge in [0.05, 0.1) is 0 Å². The van der Waals surface area contributed by atoms with E-state index in [0.29, 0.717) is 11.3 Å². The molecule has 0 radical (unpaired) electrons. The zero-order valence-electron chi connectivity index (χ0n) is 14.5. The second-order valence-electron chi connectivity index (χ2n) is 8.87. The zero-order valence-corrected chi connectivity index (χ0v) is 14.5. The molecule has 0 nitrogen and oxygen atoms in total. The topological polar surface area (TPSA) is 0 Å². The lowest BCUT2D eigenvalue weighted by Crippen LogP contribution is -2.59. The van der Waals surface area contributed by atoms with Gasteiger partial charge >= 0.3 is 0 Å². The summed E-state index contributed by atoms with van der Waals surface area (Å²) >= 11 is 0. The molecule has 3 fully saturated rings. The van der Waals surface area contributed by atoms with Crippen LogP contribution in [0.25, 0.3) is 0 Å². The van der Waals surface area contributed by atoms with Gasteiger partial charge in [-0.05, 0) is 75.0 Å². The molecule has 122 valence electrons. The maximum atomic E-state index is 16.5. The first kappa shape index (κ1) is 15.0. The highest BCUT2D eigenvalue weighted by molar-refractivity contribution is 5.36. The molecule has 0 aromatic rings. The Hall–Kier alpha value is -0.590. The van der Waals surface area contributed by atoms with Gasteiger partial charge in [0.15, 0.2) is 0 Å². The Labute approximate surface area is 135 Å². The van der Waals surface area contributed by atoms with Crippen LogP contribution in [0.5, 0.6) is 0 Å². The van der Waals surface area contributed by atoms with E-state index < -0.39 is 5.67 Å². The van der Waals surface area contributed by atoms with Crippen molar-refractivity contribution in [1.82, 2.24) is 0 Å². The molecule has 0 spiro atoms. The predicted octanol–water partition coefficient (Wildman–Crippen LogP) is 6.23. The van der Waals surface area contributed by atoms with Crippen LogP contribution in [0.1, 0.15) is 72.1 Å². The molecular formula is C21H31F. The fraction of sp³-hybridized carbons (Fsp3) is 0.810. The van der Waals surface area contributed by atoms with Crippen LogP contribution in [0.15, 0.2) is 23.8 Å². The summed E-state index contributed by atoms with van der Waals surface area (Å²) in [6.07, 6.45) is 15.7. The summed E-state index contributed by atoms with van der Waals surface area (Å²) in [5.74, 6) is 1.73. The standard InChI is InChI=1S/C21H31F/c1-4-15-8-10-17-18-11-9-16-7-5-6-12-20(16,3)21(18,22)14-13-19(15,17)2/h6-7,12,15,17-18H,4-5,8-11,13-14H2,1-3H3/t15-,17+,18+,19-,20+,21-/m1/s1. The third kappa shape index (κ3) is 1.64. The smallest absolute Gasteiger partial charge is 0.126 e. The Kier molecular flexibility index (Phi) is 3.20. The molecule has 0 bridgehead atoms. The van der Waals surface area contributed by atoms with E-state index in [9.17, 15) is 0 Å². The Morgan fingerprint density at radius 2 is 1.95 bits per heavy atom. The van der Waals surface area contributed by atoms with E-state index in [0.717, 1.165) is 38.0 Å². The lowest BCUT2D eigenvalue weighted by Gasteiger charge is -2.60. The molecule has 4 aliphatic rings. The minimum Gasteiger partial charge on any atom is -0.242 e. The minimum absolute atomic E-state index is 0.285. The van der Waals surface area contributed by atoms with Crippen molar-refractivity contribution in [3.05, 3.63) is 23.8 Å². The molecule has 0 aromatic carbocycles. The van der Waals surface area contributed by atoms with Gasteiger partial charge in [-0.2, -0.15) is 0 Å². The number of fused-ring (bicyclic) bond motifs is 5. The number of rotatable bonds is 1. The van der Waals surface area contributed by atoms with E-state index in [4.69, 9.17) is 0 Å². The molecule has 0 heterocycles. The molecule has 0 aromatic heterocycles. The van der Waals surface area contributed by atoms with Gasteiger partial charge < -0.3 is 0 Å². The third-order valence-electron chi connectivity index (χ3n) is 8.41. The van der Waals surface area contributed by atoms with E-state index in [-0.39, 0.29) is 11.3 Å². The molecule has 3 saturated carbocycles. The van der Waals surface area contributed by atoms with E-state index in [1.807, 2.05) is 0 Å². The molecule has 22 heavy (non-hydrogen) atoms. The summed E-state index contributed by atoms with van der Waals surface area (Å²) in [5, 5.41) is 0. The van der Waals surface area contributed by atoms with Crippen molar-refractivity contribution in [2.24, 2.45) is 28.6 Å². The fourth-order valence-electron chi connectivity index (χ4n) is 7.01. The number of halogens is 1. The normalized spacial score (nSPS) is 53.5. The Bertz CT molecular complexity index is 532. The molecule has 0 amide bonds. The van der Waals surface area contributed by atoms with Gasteiger partial charge in [0.1, 0.15) is 5.67 Å². The van der Waals surface area contributed by atoms with Crippen molar-refractivity contribution in [3.8, 4) is 0 Å². The number of alkyl halides is 1. The lowest BCUT2D eigenvalue weighted by atomic mass is 9.46. The molecule has 0 N–H and O–H groups in total. The molecule has 0 saturated heterocycles. The molecule has 1 heteroatoms. The van der Waals surface area contributed by atoms with Crippen LogP contribution in [0, 0.1) is 28.6 Å². The van der Waals surface area contributed by atoms with Crippen molar-refractivity contribution < 1.29 is 4.39 Å². The maximum absolute atomic E-state index is 16.5. The van der Waals surface area contributed by atoms with Crippen LogP contribution in [-0.4, -0.2) is 5.67 Å². The predicted molar refractivity (Wildman–Crippen MR) is 90.4 cm³/mol. The summed E-state index contributed by atoms with van der Waals surface area (Å²) < 4.78 is 16.5. The molecular weight excluding hydrogens is 271 g/mol. The van der Waals surface area contributed by atoms with Gasteiger partial charge in [-0.1, -0.05) is 44.1 Å². The van der Waals surface area contributed by atoms with Crippen molar-refractivity contribution in [3.63, 3.8) is 0 Å². The monoisotopic (exact) mass is 302 g/mol. The molecule has 6 atom stereocenters. The first-order valence-electron chi connectivity index (χ1n) is 9.52. The second-order valence-corrected chi connectivity index (χ2v) is 8.87. The van der Waals surface area contributed by atoms with Gasteiger partial charge in [-0.3, -0.25) is 0 Å². The van der Waals surface area contributed by atoms with Crippen molar-refractivity contribution in [2.75, 3.05) is 0 Å². The third-order valence-corrected chi connectivity index (χ3v) is 8.41. The number of hydrogen-bond acceptors (Lipinski definition) is 0. The summed E-state index contributed by atoms with van der Waals surface area (Å²) in [7, 11) is 0. The summed E-state index contributed by atoms with van der Waals surface area (Å²) in [6.45, 7) is 7.01. The van der Waals surface area contributed by atoms with Crippen LogP contribution in [0.4, 0.5) is 4.39 Å². The van der Waals surface area contributed by atoms with E-state index in [1.165, 1.54) is 24.8 Å². The van der Waals surface area contributed by atoms with Crippen LogP contribution in [0.2, 0.25) is 0 Å². The number of hydrogen-bond donors (Lipinski definition) is 0. The Morgan fingerprint density at radius 3 is 2.73 bits per heavy atom. The molecule has 0 unspecified atom stereocenters. The molecule has 4 aliphatic carbocycles. The van der Waals surface area contributed by atoms with Crippen molar-refractivity contribution in [2.45, 2.75) is 77.8 Å². The van der Waals surface area contributed by atoms with Gasteiger partial charge in [-0.25, -0.2) is 4.39 Å². The van der Waals surface area contributed by atoms with Crippen molar-refractivity contribution >= 4 is 0 Å². The highest BCUT2D eigenvalue weighted by Crippen LogP contribution is 2.69. The van der Waals surface area contributed by atoms with Gasteiger partial charge in [0.2, 0.25) is 0 Å². The van der Waals surface area contributed by atoms with Crippen LogP contribution < -0.4 is 0 Å². The highest BCUT2D eigenvalue weighted by atomic mass is 19.1. The largest absolute Gasteiger partial charge is 0.242 e. The average Bonchev–Trinajstić information content (AvgIpc) is 2.84. The van der Waals surface area contributed by atoms with E-state index >= 15 is 4.39 Å². The SMILES string of the molecule is CC[C@@H]1CC[C@H]2[C@@H]3CCC4=CCC=C[C@]4(C)[C@@]3(F)CC[C@]12C. The van der Waals surface area contributed by atoms with E-state index in [2.05, 4.69) is 39.0 Å². The first-order chi connectivity index (χ1) is 10.5. The molecule has 4 rings (SSSR count). The molecule has 0 aliphatic heterocycles. The first-order valence-corrected chi connectivity index (χ1v) is 9.52. The summed E-state index contributed by atoms with van der Waals surface area (Å²) in [6, 6.07) is 0. The Morgan fingerprint density at radius 1 is 1.14 bits per heavy atom. The average molecular weight is 302 g/mol. The zero-order chi connectivity index (χ0) is 15.6.